The summed E-state index contributed by atoms with van der Waals surface area (Å²) in [5, 5.41) is 12.9. The van der Waals surface area contributed by atoms with Crippen LogP contribution in [0.1, 0.15) is 85.0 Å². The molecule has 31 heavy (non-hydrogen) atoms. The molecule has 2 N–H and O–H groups in total. The first kappa shape index (κ1) is 23.5. The van der Waals surface area contributed by atoms with Gasteiger partial charge in [0, 0.05) is 4.88 Å². The number of anilines is 1. The molecule has 0 unspecified atom stereocenters. The summed E-state index contributed by atoms with van der Waals surface area (Å²) in [6.45, 7) is 0. The highest BCUT2D eigenvalue weighted by molar-refractivity contribution is 7.17. The van der Waals surface area contributed by atoms with Crippen molar-refractivity contribution in [2.45, 2.75) is 77.0 Å². The van der Waals surface area contributed by atoms with Gasteiger partial charge in [-0.3, -0.25) is 9.59 Å². The monoisotopic (exact) mass is 447 g/mol. The lowest BCUT2D eigenvalue weighted by atomic mass is 9.82. The summed E-state index contributed by atoms with van der Waals surface area (Å²) in [7, 11) is 1.36. The summed E-state index contributed by atoms with van der Waals surface area (Å²) in [4.78, 5) is 38.5. The maximum Gasteiger partial charge on any atom is 0.341 e. The van der Waals surface area contributed by atoms with Gasteiger partial charge in [0.05, 0.1) is 24.5 Å². The van der Waals surface area contributed by atoms with Crippen LogP contribution in [0.4, 0.5) is 5.00 Å². The van der Waals surface area contributed by atoms with E-state index in [4.69, 9.17) is 4.74 Å². The third kappa shape index (κ3) is 5.97. The fraction of sp³-hybridized carbons (Fsp3) is 0.625. The maximum atomic E-state index is 13.0. The highest BCUT2D eigenvalue weighted by Gasteiger charge is 2.35. The number of fused-ring (bicyclic) bond motifs is 1. The summed E-state index contributed by atoms with van der Waals surface area (Å²) in [5.74, 6) is -3.11. The van der Waals surface area contributed by atoms with Crippen LogP contribution in [0.2, 0.25) is 0 Å². The average Bonchev–Trinajstić information content (AvgIpc) is 3.09. The van der Waals surface area contributed by atoms with Crippen molar-refractivity contribution in [1.29, 1.82) is 0 Å². The van der Waals surface area contributed by atoms with E-state index in [0.717, 1.165) is 42.5 Å². The molecule has 0 aliphatic heterocycles. The van der Waals surface area contributed by atoms with E-state index in [1.54, 1.807) is 0 Å². The average molecular weight is 448 g/mol. The molecule has 1 heterocycles. The van der Waals surface area contributed by atoms with Crippen molar-refractivity contribution < 1.29 is 24.2 Å². The topological polar surface area (TPSA) is 92.7 Å². The second-order valence-electron chi connectivity index (χ2n) is 8.51. The largest absolute Gasteiger partial charge is 0.481 e. The van der Waals surface area contributed by atoms with Gasteiger partial charge in [0.1, 0.15) is 5.00 Å². The van der Waals surface area contributed by atoms with Crippen LogP contribution in [-0.2, 0) is 27.2 Å². The molecule has 1 aromatic heterocycles. The van der Waals surface area contributed by atoms with Crippen molar-refractivity contribution in [1.82, 2.24) is 0 Å². The number of hydrogen-bond acceptors (Lipinski definition) is 5. The van der Waals surface area contributed by atoms with E-state index in [-0.39, 0.29) is 5.91 Å². The molecule has 0 bridgehead atoms. The Hall–Kier alpha value is -2.15. The van der Waals surface area contributed by atoms with Gasteiger partial charge < -0.3 is 15.2 Å². The summed E-state index contributed by atoms with van der Waals surface area (Å²) < 4.78 is 5.07. The van der Waals surface area contributed by atoms with E-state index in [2.05, 4.69) is 5.32 Å². The van der Waals surface area contributed by atoms with E-state index in [9.17, 15) is 19.5 Å². The van der Waals surface area contributed by atoms with E-state index in [0.29, 0.717) is 23.4 Å². The number of allylic oxidation sites excluding steroid dienone is 2. The number of ether oxygens (including phenoxy) is 1. The number of nitrogens with one attached hydrogen (secondary N) is 1. The van der Waals surface area contributed by atoms with Crippen molar-refractivity contribution in [3.8, 4) is 0 Å². The second kappa shape index (κ2) is 11.5. The van der Waals surface area contributed by atoms with Gasteiger partial charge in [-0.15, -0.1) is 11.3 Å². The number of carboxylic acid groups (broad SMARTS) is 1. The molecule has 170 valence electrons. The van der Waals surface area contributed by atoms with Crippen molar-refractivity contribution in [3.05, 3.63) is 28.2 Å². The van der Waals surface area contributed by atoms with Crippen LogP contribution >= 0.6 is 11.3 Å². The van der Waals surface area contributed by atoms with Crippen LogP contribution in [0.15, 0.2) is 12.2 Å². The molecular formula is C24H33NO5S. The first-order valence-electron chi connectivity index (χ1n) is 11.4. The standard InChI is InChI=1S/C24H33NO5S/c1-30-24(29)20-18-14-8-6-4-2-3-5-7-9-15-19(18)31-22(20)25-21(26)16-12-10-11-13-17(16)23(27)28/h10-11,16-17H,2-9,12-15H2,1H3,(H,25,26)(H,27,28)/t16-,17-/m1/s1. The molecule has 2 aliphatic carbocycles. The number of rotatable bonds is 4. The van der Waals surface area contributed by atoms with Crippen LogP contribution in [0.25, 0.3) is 0 Å². The van der Waals surface area contributed by atoms with Gasteiger partial charge in [0.2, 0.25) is 5.91 Å². The molecular weight excluding hydrogens is 414 g/mol. The Kier molecular flexibility index (Phi) is 8.69. The van der Waals surface area contributed by atoms with E-state index < -0.39 is 23.8 Å². The minimum Gasteiger partial charge on any atom is -0.481 e. The van der Waals surface area contributed by atoms with E-state index in [1.807, 2.05) is 12.2 Å². The third-order valence-electron chi connectivity index (χ3n) is 6.38. The number of methoxy groups -OCH3 is 1. The number of carbonyl (C=O) groups is 3. The van der Waals surface area contributed by atoms with Crippen LogP contribution in [0, 0.1) is 11.8 Å². The molecule has 0 fully saturated rings. The van der Waals surface area contributed by atoms with Gasteiger partial charge in [-0.25, -0.2) is 4.79 Å². The molecule has 3 rings (SSSR count). The quantitative estimate of drug-likeness (QED) is 0.479. The minimum absolute atomic E-state index is 0.334. The highest BCUT2D eigenvalue weighted by atomic mass is 32.1. The molecule has 6 nitrogen and oxygen atoms in total. The molecule has 0 aromatic carbocycles. The van der Waals surface area contributed by atoms with Crippen molar-refractivity contribution >= 4 is 34.2 Å². The van der Waals surface area contributed by atoms with Crippen LogP contribution in [0.5, 0.6) is 0 Å². The summed E-state index contributed by atoms with van der Waals surface area (Å²) in [6, 6.07) is 0. The van der Waals surface area contributed by atoms with Gasteiger partial charge in [-0.2, -0.15) is 0 Å². The van der Waals surface area contributed by atoms with E-state index >= 15 is 0 Å². The Balaban J connectivity index is 1.88. The number of hydrogen-bond donors (Lipinski definition) is 2. The Morgan fingerprint density at radius 2 is 1.52 bits per heavy atom. The third-order valence-corrected chi connectivity index (χ3v) is 7.59. The lowest BCUT2D eigenvalue weighted by Crippen LogP contribution is -2.34. The van der Waals surface area contributed by atoms with Crippen molar-refractivity contribution in [3.63, 3.8) is 0 Å². The Morgan fingerprint density at radius 1 is 0.935 bits per heavy atom. The number of thiophene rings is 1. The Morgan fingerprint density at radius 3 is 2.13 bits per heavy atom. The normalized spacial score (nSPS) is 22.5. The van der Waals surface area contributed by atoms with Crippen LogP contribution < -0.4 is 5.32 Å². The van der Waals surface area contributed by atoms with Crippen molar-refractivity contribution in [2.75, 3.05) is 12.4 Å². The zero-order valence-corrected chi connectivity index (χ0v) is 19.1. The highest BCUT2D eigenvalue weighted by Crippen LogP contribution is 2.38. The fourth-order valence-corrected chi connectivity index (χ4v) is 5.89. The molecule has 7 heteroatoms. The fourth-order valence-electron chi connectivity index (χ4n) is 4.61. The Labute approximate surface area is 188 Å². The zero-order valence-electron chi connectivity index (χ0n) is 18.3. The molecule has 2 aliphatic rings. The zero-order chi connectivity index (χ0) is 22.2. The summed E-state index contributed by atoms with van der Waals surface area (Å²) in [6.07, 6.45) is 15.5. The van der Waals surface area contributed by atoms with Crippen LogP contribution in [-0.4, -0.2) is 30.1 Å². The molecule has 0 saturated carbocycles. The molecule has 2 atom stereocenters. The smallest absolute Gasteiger partial charge is 0.341 e. The number of aliphatic carboxylic acids is 1. The maximum absolute atomic E-state index is 13.0. The Bertz CT molecular complexity index is 828. The van der Waals surface area contributed by atoms with Gasteiger partial charge in [-0.1, -0.05) is 50.7 Å². The lowest BCUT2D eigenvalue weighted by Gasteiger charge is -2.24. The molecule has 1 aromatic rings. The van der Waals surface area contributed by atoms with Gasteiger partial charge in [0.15, 0.2) is 0 Å². The van der Waals surface area contributed by atoms with Crippen molar-refractivity contribution in [2.24, 2.45) is 11.8 Å². The number of esters is 1. The molecule has 0 spiro atoms. The molecule has 1 amide bonds. The predicted molar refractivity (Wildman–Crippen MR) is 122 cm³/mol. The number of carbonyl (C=O) groups excluding carboxylic acids is 2. The van der Waals surface area contributed by atoms with Gasteiger partial charge in [-0.05, 0) is 44.1 Å². The second-order valence-corrected chi connectivity index (χ2v) is 9.62. The molecule has 0 radical (unpaired) electrons. The van der Waals surface area contributed by atoms with E-state index in [1.165, 1.54) is 50.6 Å². The summed E-state index contributed by atoms with van der Waals surface area (Å²) >= 11 is 1.46. The summed E-state index contributed by atoms with van der Waals surface area (Å²) in [5.41, 5.74) is 1.47. The number of amides is 1. The number of aryl methyl sites for hydroxylation is 1. The van der Waals surface area contributed by atoms with Gasteiger partial charge in [0.25, 0.3) is 0 Å². The lowest BCUT2D eigenvalue weighted by molar-refractivity contribution is -0.146. The van der Waals surface area contributed by atoms with Gasteiger partial charge >= 0.3 is 11.9 Å². The number of carboxylic acids is 1. The SMILES string of the molecule is COC(=O)c1c(NC(=O)[C@@H]2CC=CC[C@H]2C(=O)O)sc2c1CCCCCCCCCC2. The molecule has 0 saturated heterocycles. The first-order valence-corrected chi connectivity index (χ1v) is 12.3. The first-order chi connectivity index (χ1) is 15.0. The minimum atomic E-state index is -0.962. The predicted octanol–water partition coefficient (Wildman–Crippen LogP) is 5.36. The van der Waals surface area contributed by atoms with Crippen LogP contribution in [0.3, 0.4) is 0 Å².